The summed E-state index contributed by atoms with van der Waals surface area (Å²) >= 11 is 0. The molecule has 0 saturated carbocycles. The van der Waals surface area contributed by atoms with E-state index >= 15 is 0 Å². The summed E-state index contributed by atoms with van der Waals surface area (Å²) in [6.45, 7) is 0. The minimum atomic E-state index is -3.19. The highest BCUT2D eigenvalue weighted by atomic mass is 32.2. The number of nitrogens with zero attached hydrogens (tertiary/aromatic N) is 1. The molecule has 13 heavy (non-hydrogen) atoms. The molecule has 6 heteroatoms. The molecule has 0 aromatic heterocycles. The van der Waals surface area contributed by atoms with Crippen LogP contribution in [0.4, 0.5) is 4.39 Å². The van der Waals surface area contributed by atoms with Gasteiger partial charge >= 0.3 is 0 Å². The number of rotatable bonds is 0. The van der Waals surface area contributed by atoms with E-state index in [1.54, 1.807) is 0 Å². The average Bonchev–Trinajstić information content (AvgIpc) is 2.24. The fraction of sp³-hybridized carbons (Fsp3) is 0. The maximum Gasteiger partial charge on any atom is 0.290 e. The molecule has 68 valence electrons. The summed E-state index contributed by atoms with van der Waals surface area (Å²) < 4.78 is 27.6. The molecule has 0 radical (unpaired) electrons. The van der Waals surface area contributed by atoms with Crippen molar-refractivity contribution in [1.29, 1.82) is 0 Å². The normalized spacial score (nSPS) is 25.5. The van der Waals surface area contributed by atoms with Gasteiger partial charge in [-0.2, -0.15) is 0 Å². The first-order valence-electron chi connectivity index (χ1n) is 3.40. The van der Waals surface area contributed by atoms with Crippen molar-refractivity contribution in [3.8, 4) is 0 Å². The predicted octanol–water partition coefficient (Wildman–Crippen LogP) is 0.680. The van der Waals surface area contributed by atoms with Crippen LogP contribution in [-0.4, -0.2) is 10.1 Å². The molecule has 1 aromatic rings. The zero-order valence-corrected chi connectivity index (χ0v) is 7.18. The average molecular weight is 200 g/mol. The number of fused-ring (bicyclic) bond motifs is 1. The van der Waals surface area contributed by atoms with Crippen molar-refractivity contribution in [2.75, 3.05) is 0 Å². The second-order valence-corrected chi connectivity index (χ2v) is 4.34. The number of carbonyl (C=O) groups excluding carboxylic acids is 1. The molecule has 0 aliphatic carbocycles. The van der Waals surface area contributed by atoms with E-state index < -0.39 is 21.6 Å². The summed E-state index contributed by atoms with van der Waals surface area (Å²) in [5, 5.41) is 5.22. The van der Waals surface area contributed by atoms with Crippen LogP contribution >= 0.6 is 0 Å². The fourth-order valence-corrected chi connectivity index (χ4v) is 2.36. The molecular formula is C7H5FN2O2S. The maximum absolute atomic E-state index is 13.0. The number of amides is 1. The van der Waals surface area contributed by atoms with Gasteiger partial charge in [0.25, 0.3) is 5.91 Å². The molecule has 0 bridgehead atoms. The Morgan fingerprint density at radius 3 is 2.77 bits per heavy atom. The highest BCUT2D eigenvalue weighted by Crippen LogP contribution is 2.25. The molecule has 1 heterocycles. The summed E-state index contributed by atoms with van der Waals surface area (Å²) in [5.74, 6) is -1.58. The first kappa shape index (κ1) is 8.33. The van der Waals surface area contributed by atoms with Crippen molar-refractivity contribution < 1.29 is 13.4 Å². The number of nitrogens with two attached hydrogens (primary N) is 1. The second-order valence-electron chi connectivity index (χ2n) is 2.58. The lowest BCUT2D eigenvalue weighted by molar-refractivity contribution is 0.100. The van der Waals surface area contributed by atoms with Crippen molar-refractivity contribution >= 4 is 15.8 Å². The lowest BCUT2D eigenvalue weighted by Crippen LogP contribution is -2.09. The summed E-state index contributed by atoms with van der Waals surface area (Å²) in [5.41, 5.74) is -0.269. The van der Waals surface area contributed by atoms with Crippen molar-refractivity contribution in [1.82, 2.24) is 0 Å². The molecule has 1 unspecified atom stereocenters. The number of hydrogen-bond acceptors (Lipinski definition) is 2. The Kier molecular flexibility index (Phi) is 1.52. The molecule has 0 saturated heterocycles. The predicted molar refractivity (Wildman–Crippen MR) is 43.8 cm³/mol. The molecule has 4 nitrogen and oxygen atoms in total. The molecule has 0 fully saturated rings. The van der Waals surface area contributed by atoms with Gasteiger partial charge in [0.15, 0.2) is 0 Å². The third-order valence-electron chi connectivity index (χ3n) is 1.72. The van der Waals surface area contributed by atoms with Crippen molar-refractivity contribution in [3.05, 3.63) is 29.6 Å². The zero-order valence-electron chi connectivity index (χ0n) is 6.36. The van der Waals surface area contributed by atoms with Gasteiger partial charge in [0.2, 0.25) is 0 Å². The SMILES string of the molecule is NS1(=O)=NC(=O)c2c(F)cccc21. The monoisotopic (exact) mass is 200 g/mol. The Hall–Kier alpha value is -1.27. The van der Waals surface area contributed by atoms with Gasteiger partial charge in [-0.05, 0) is 12.1 Å². The first-order chi connectivity index (χ1) is 6.02. The molecule has 1 aromatic carbocycles. The quantitative estimate of drug-likeness (QED) is 0.668. The van der Waals surface area contributed by atoms with E-state index in [1.165, 1.54) is 12.1 Å². The topological polar surface area (TPSA) is 72.5 Å². The third kappa shape index (κ3) is 1.06. The molecule has 1 atom stereocenters. The number of hydrogen-bond donors (Lipinski definition) is 1. The summed E-state index contributed by atoms with van der Waals surface area (Å²) in [4.78, 5) is 11.0. The highest BCUT2D eigenvalue weighted by Gasteiger charge is 2.29. The Bertz CT molecular complexity index is 517. The van der Waals surface area contributed by atoms with Gasteiger partial charge < -0.3 is 0 Å². The fourth-order valence-electron chi connectivity index (χ4n) is 1.17. The summed E-state index contributed by atoms with van der Waals surface area (Å²) in [6.07, 6.45) is 0. The van der Waals surface area contributed by atoms with Gasteiger partial charge in [-0.1, -0.05) is 6.07 Å². The molecule has 0 spiro atoms. The molecule has 1 aliphatic rings. The Morgan fingerprint density at radius 2 is 2.15 bits per heavy atom. The van der Waals surface area contributed by atoms with Crippen LogP contribution in [0.3, 0.4) is 0 Å². The Morgan fingerprint density at radius 1 is 1.46 bits per heavy atom. The van der Waals surface area contributed by atoms with E-state index in [2.05, 4.69) is 4.36 Å². The van der Waals surface area contributed by atoms with Gasteiger partial charge in [0.05, 0.1) is 10.5 Å². The van der Waals surface area contributed by atoms with Gasteiger partial charge in [0.1, 0.15) is 15.7 Å². The molecule has 1 amide bonds. The smallest absolute Gasteiger partial charge is 0.266 e. The van der Waals surface area contributed by atoms with E-state index in [0.717, 1.165) is 6.07 Å². The highest BCUT2D eigenvalue weighted by molar-refractivity contribution is 7.92. The van der Waals surface area contributed by atoms with Gasteiger partial charge in [-0.15, -0.1) is 4.36 Å². The minimum absolute atomic E-state index is 0.0162. The van der Waals surface area contributed by atoms with E-state index in [1.807, 2.05) is 0 Å². The van der Waals surface area contributed by atoms with Gasteiger partial charge in [-0.25, -0.2) is 13.7 Å². The van der Waals surface area contributed by atoms with Crippen LogP contribution in [0.15, 0.2) is 27.5 Å². The summed E-state index contributed by atoms with van der Waals surface area (Å²) in [7, 11) is -3.19. The van der Waals surface area contributed by atoms with Crippen molar-refractivity contribution in [2.45, 2.75) is 4.90 Å². The largest absolute Gasteiger partial charge is 0.290 e. The Balaban J connectivity index is 2.90. The van der Waals surface area contributed by atoms with Crippen molar-refractivity contribution in [3.63, 3.8) is 0 Å². The number of halogens is 1. The standard InChI is InChI=1S/C7H5FN2O2S/c8-4-2-1-3-5-6(4)7(11)10-13(5,9)12/h1-3H,(H2,9,10,11,12). The van der Waals surface area contributed by atoms with Crippen LogP contribution in [-0.2, 0) is 9.92 Å². The van der Waals surface area contributed by atoms with Crippen LogP contribution < -0.4 is 5.14 Å². The van der Waals surface area contributed by atoms with Gasteiger partial charge in [-0.3, -0.25) is 4.79 Å². The van der Waals surface area contributed by atoms with Crippen LogP contribution in [0, 0.1) is 5.82 Å². The van der Waals surface area contributed by atoms with Crippen molar-refractivity contribution in [2.24, 2.45) is 9.50 Å². The van der Waals surface area contributed by atoms with Crippen LogP contribution in [0.1, 0.15) is 10.4 Å². The lowest BCUT2D eigenvalue weighted by atomic mass is 10.2. The third-order valence-corrected chi connectivity index (χ3v) is 3.13. The van der Waals surface area contributed by atoms with Gasteiger partial charge in [0, 0.05) is 0 Å². The van der Waals surface area contributed by atoms with E-state index in [4.69, 9.17) is 5.14 Å². The minimum Gasteiger partial charge on any atom is -0.266 e. The number of carbonyl (C=O) groups is 1. The van der Waals surface area contributed by atoms with Crippen LogP contribution in [0.25, 0.3) is 0 Å². The summed E-state index contributed by atoms with van der Waals surface area (Å²) in [6, 6.07) is 3.79. The van der Waals surface area contributed by atoms with E-state index in [0.29, 0.717) is 0 Å². The molecule has 2 rings (SSSR count). The van der Waals surface area contributed by atoms with Crippen LogP contribution in [0.2, 0.25) is 0 Å². The molecule has 2 N–H and O–H groups in total. The lowest BCUT2D eigenvalue weighted by Gasteiger charge is -1.98. The maximum atomic E-state index is 13.0. The number of benzene rings is 1. The van der Waals surface area contributed by atoms with E-state index in [-0.39, 0.29) is 10.5 Å². The Labute approximate surface area is 73.9 Å². The molecule has 1 aliphatic heterocycles. The second kappa shape index (κ2) is 2.36. The first-order valence-corrected chi connectivity index (χ1v) is 4.98. The van der Waals surface area contributed by atoms with Crippen LogP contribution in [0.5, 0.6) is 0 Å². The molecular weight excluding hydrogens is 195 g/mol. The zero-order chi connectivity index (χ0) is 9.64. The van der Waals surface area contributed by atoms with E-state index in [9.17, 15) is 13.4 Å².